The summed E-state index contributed by atoms with van der Waals surface area (Å²) in [6.45, 7) is 3.38. The Hall–Kier alpha value is -0.320. The van der Waals surface area contributed by atoms with Crippen LogP contribution in [-0.4, -0.2) is 30.7 Å². The van der Waals surface area contributed by atoms with Gasteiger partial charge in [0.2, 0.25) is 5.91 Å². The van der Waals surface area contributed by atoms with Crippen LogP contribution in [0.4, 0.5) is 0 Å². The second-order valence-corrected chi connectivity index (χ2v) is 5.28. The van der Waals surface area contributed by atoms with Gasteiger partial charge in [0.05, 0.1) is 18.1 Å². The van der Waals surface area contributed by atoms with Crippen molar-refractivity contribution in [3.63, 3.8) is 0 Å². The van der Waals surface area contributed by atoms with E-state index in [4.69, 9.17) is 10.5 Å². The lowest BCUT2D eigenvalue weighted by Crippen LogP contribution is -2.53. The Morgan fingerprint density at radius 3 is 2.65 bits per heavy atom. The molecule has 100 valence electrons. The number of hydrogen-bond acceptors (Lipinski definition) is 3. The number of ether oxygens (including phenoxy) is 1. The molecule has 17 heavy (non-hydrogen) atoms. The van der Waals surface area contributed by atoms with Crippen LogP contribution < -0.4 is 11.1 Å². The molecule has 2 unspecified atom stereocenters. The molecule has 4 nitrogen and oxygen atoms in total. The van der Waals surface area contributed by atoms with Crippen molar-refractivity contribution in [1.29, 1.82) is 0 Å². The van der Waals surface area contributed by atoms with Crippen LogP contribution in [0.2, 0.25) is 0 Å². The van der Waals surface area contributed by atoms with E-state index in [-0.39, 0.29) is 30.0 Å². The molecule has 1 saturated carbocycles. The molecule has 0 aromatic carbocycles. The maximum atomic E-state index is 11.9. The maximum absolute atomic E-state index is 11.9. The van der Waals surface area contributed by atoms with E-state index in [9.17, 15) is 4.79 Å². The third kappa shape index (κ3) is 3.83. The molecule has 2 aliphatic rings. The van der Waals surface area contributed by atoms with E-state index in [1.165, 1.54) is 12.8 Å². The first kappa shape index (κ1) is 14.7. The summed E-state index contributed by atoms with van der Waals surface area (Å²) in [6, 6.07) is 0. The average Bonchev–Trinajstić information content (AvgIpc) is 3.00. The number of nitrogens with one attached hydrogen (secondary N) is 1. The molecule has 0 aromatic heterocycles. The minimum absolute atomic E-state index is 0. The Bertz CT molecular complexity index is 265. The van der Waals surface area contributed by atoms with Gasteiger partial charge in [0, 0.05) is 13.2 Å². The highest BCUT2D eigenvalue weighted by Crippen LogP contribution is 2.39. The van der Waals surface area contributed by atoms with Gasteiger partial charge in [-0.1, -0.05) is 0 Å². The molecule has 1 aliphatic carbocycles. The molecule has 3 N–H and O–H groups in total. The summed E-state index contributed by atoms with van der Waals surface area (Å²) < 4.78 is 5.46. The van der Waals surface area contributed by atoms with Gasteiger partial charge in [-0.05, 0) is 38.5 Å². The molecule has 5 heteroatoms. The van der Waals surface area contributed by atoms with Gasteiger partial charge in [0.1, 0.15) is 0 Å². The van der Waals surface area contributed by atoms with Crippen LogP contribution in [-0.2, 0) is 9.53 Å². The summed E-state index contributed by atoms with van der Waals surface area (Å²) in [5.41, 5.74) is 5.56. The number of halogens is 1. The summed E-state index contributed by atoms with van der Waals surface area (Å²) in [5.74, 6) is 0.665. The highest BCUT2D eigenvalue weighted by molar-refractivity contribution is 5.85. The van der Waals surface area contributed by atoms with Crippen molar-refractivity contribution >= 4 is 18.3 Å². The molecule has 1 heterocycles. The van der Waals surface area contributed by atoms with Crippen LogP contribution >= 0.6 is 12.4 Å². The van der Waals surface area contributed by atoms with Crippen LogP contribution in [0.25, 0.3) is 0 Å². The fraction of sp³-hybridized carbons (Fsp3) is 0.917. The van der Waals surface area contributed by atoms with Crippen molar-refractivity contribution in [2.24, 2.45) is 11.7 Å². The van der Waals surface area contributed by atoms with E-state index in [1.807, 2.05) is 0 Å². The van der Waals surface area contributed by atoms with E-state index in [0.717, 1.165) is 19.4 Å². The maximum Gasteiger partial charge on any atom is 0.223 e. The van der Waals surface area contributed by atoms with Gasteiger partial charge in [-0.3, -0.25) is 4.79 Å². The number of hydrogen-bond donors (Lipinski definition) is 2. The van der Waals surface area contributed by atoms with Crippen molar-refractivity contribution < 1.29 is 9.53 Å². The van der Waals surface area contributed by atoms with Crippen LogP contribution in [0, 0.1) is 5.92 Å². The Labute approximate surface area is 109 Å². The largest absolute Gasteiger partial charge is 0.378 e. The van der Waals surface area contributed by atoms with Gasteiger partial charge >= 0.3 is 0 Å². The molecule has 0 spiro atoms. The van der Waals surface area contributed by atoms with Crippen molar-refractivity contribution in [2.45, 2.75) is 50.7 Å². The minimum Gasteiger partial charge on any atom is -0.378 e. The van der Waals surface area contributed by atoms with Crippen LogP contribution in [0.1, 0.15) is 39.0 Å². The lowest BCUT2D eigenvalue weighted by Gasteiger charge is -2.30. The zero-order valence-electron chi connectivity index (χ0n) is 10.4. The molecule has 0 bridgehead atoms. The lowest BCUT2D eigenvalue weighted by molar-refractivity contribution is -0.125. The monoisotopic (exact) mass is 262 g/mol. The molecule has 1 aliphatic heterocycles. The highest BCUT2D eigenvalue weighted by atomic mass is 35.5. The van der Waals surface area contributed by atoms with E-state index in [1.54, 1.807) is 0 Å². The molecule has 2 fully saturated rings. The second kappa shape index (κ2) is 6.03. The fourth-order valence-electron chi connectivity index (χ4n) is 2.42. The van der Waals surface area contributed by atoms with E-state index in [2.05, 4.69) is 12.2 Å². The first-order valence-corrected chi connectivity index (χ1v) is 6.27. The van der Waals surface area contributed by atoms with Gasteiger partial charge < -0.3 is 15.8 Å². The standard InChI is InChI=1S/C12H22N2O2.ClH/c1-12(8-13,9-4-5-9)14-11(15)7-10-3-2-6-16-10;/h9-10H,2-8,13H2,1H3,(H,14,15);1H. The lowest BCUT2D eigenvalue weighted by atomic mass is 9.95. The third-order valence-electron chi connectivity index (χ3n) is 3.76. The van der Waals surface area contributed by atoms with Gasteiger partial charge in [0.15, 0.2) is 0 Å². The number of amides is 1. The van der Waals surface area contributed by atoms with Crippen LogP contribution in [0.3, 0.4) is 0 Å². The summed E-state index contributed by atoms with van der Waals surface area (Å²) in [5, 5.41) is 3.09. The predicted molar refractivity (Wildman–Crippen MR) is 69.2 cm³/mol. The van der Waals surface area contributed by atoms with Crippen molar-refractivity contribution in [3.8, 4) is 0 Å². The first-order valence-electron chi connectivity index (χ1n) is 6.27. The van der Waals surface area contributed by atoms with Crippen LogP contribution in [0.15, 0.2) is 0 Å². The number of carbonyl (C=O) groups is 1. The Balaban J connectivity index is 0.00000144. The predicted octanol–water partition coefficient (Wildman–Crippen LogP) is 1.22. The minimum atomic E-state index is -0.199. The Morgan fingerprint density at radius 1 is 1.47 bits per heavy atom. The first-order chi connectivity index (χ1) is 7.64. The average molecular weight is 263 g/mol. The van der Waals surface area contributed by atoms with Gasteiger partial charge in [-0.15, -0.1) is 12.4 Å². The molecular weight excluding hydrogens is 240 g/mol. The number of rotatable bonds is 5. The van der Waals surface area contributed by atoms with Crippen molar-refractivity contribution in [3.05, 3.63) is 0 Å². The molecular formula is C12H23ClN2O2. The van der Waals surface area contributed by atoms with Gasteiger partial charge in [0.25, 0.3) is 0 Å². The molecule has 0 radical (unpaired) electrons. The Morgan fingerprint density at radius 2 is 2.18 bits per heavy atom. The fourth-order valence-corrected chi connectivity index (χ4v) is 2.42. The zero-order valence-corrected chi connectivity index (χ0v) is 11.2. The number of carbonyl (C=O) groups excluding carboxylic acids is 1. The summed E-state index contributed by atoms with van der Waals surface area (Å²) >= 11 is 0. The smallest absolute Gasteiger partial charge is 0.223 e. The van der Waals surface area contributed by atoms with Crippen molar-refractivity contribution in [1.82, 2.24) is 5.32 Å². The van der Waals surface area contributed by atoms with Gasteiger partial charge in [-0.25, -0.2) is 0 Å². The summed E-state index contributed by atoms with van der Waals surface area (Å²) in [7, 11) is 0. The normalized spacial score (nSPS) is 27.1. The highest BCUT2D eigenvalue weighted by Gasteiger charge is 2.41. The Kier molecular flexibility index (Phi) is 5.22. The zero-order chi connectivity index (χ0) is 11.6. The SMILES string of the molecule is CC(CN)(NC(=O)CC1CCCO1)C1CC1.Cl. The molecule has 0 aromatic rings. The van der Waals surface area contributed by atoms with E-state index >= 15 is 0 Å². The van der Waals surface area contributed by atoms with E-state index < -0.39 is 0 Å². The van der Waals surface area contributed by atoms with Crippen LogP contribution in [0.5, 0.6) is 0 Å². The summed E-state index contributed by atoms with van der Waals surface area (Å²) in [4.78, 5) is 11.9. The topological polar surface area (TPSA) is 64.3 Å². The second-order valence-electron chi connectivity index (χ2n) is 5.28. The quantitative estimate of drug-likeness (QED) is 0.783. The van der Waals surface area contributed by atoms with Gasteiger partial charge in [-0.2, -0.15) is 0 Å². The molecule has 2 atom stereocenters. The van der Waals surface area contributed by atoms with E-state index in [0.29, 0.717) is 18.9 Å². The molecule has 2 rings (SSSR count). The molecule has 1 amide bonds. The number of nitrogens with two attached hydrogens (primary N) is 1. The molecule has 1 saturated heterocycles. The van der Waals surface area contributed by atoms with Crippen molar-refractivity contribution in [2.75, 3.05) is 13.2 Å². The third-order valence-corrected chi connectivity index (χ3v) is 3.76. The summed E-state index contributed by atoms with van der Waals surface area (Å²) in [6.07, 6.45) is 5.08.